The van der Waals surface area contributed by atoms with E-state index in [-0.39, 0.29) is 0 Å². The van der Waals surface area contributed by atoms with Gasteiger partial charge in [-0.15, -0.1) is 0 Å². The van der Waals surface area contributed by atoms with E-state index in [0.717, 1.165) is 24.8 Å². The maximum atomic E-state index is 11.4. The molecule has 2 heteroatoms. The van der Waals surface area contributed by atoms with E-state index >= 15 is 0 Å². The Kier molecular flexibility index (Phi) is 6.91. The van der Waals surface area contributed by atoms with E-state index < -0.39 is 5.60 Å². The molecule has 22 heavy (non-hydrogen) atoms. The molecule has 0 aromatic heterocycles. The van der Waals surface area contributed by atoms with Crippen molar-refractivity contribution in [3.05, 3.63) is 35.9 Å². The molecule has 1 heterocycles. The number of piperidine rings is 1. The van der Waals surface area contributed by atoms with Crippen molar-refractivity contribution >= 4 is 0 Å². The minimum atomic E-state index is -0.661. The van der Waals surface area contributed by atoms with Crippen molar-refractivity contribution in [1.82, 2.24) is 4.90 Å². The lowest BCUT2D eigenvalue weighted by Crippen LogP contribution is -2.42. The van der Waals surface area contributed by atoms with Gasteiger partial charge in [0.1, 0.15) is 0 Å². The smallest absolute Gasteiger partial charge is 0.0911 e. The maximum absolute atomic E-state index is 11.4. The molecule has 0 spiro atoms. The molecule has 1 aromatic carbocycles. The minimum absolute atomic E-state index is 0.519. The van der Waals surface area contributed by atoms with E-state index in [4.69, 9.17) is 0 Å². The van der Waals surface area contributed by atoms with Gasteiger partial charge in [0.25, 0.3) is 0 Å². The lowest BCUT2D eigenvalue weighted by molar-refractivity contribution is -0.0150. The Hall–Kier alpha value is -0.860. The Morgan fingerprint density at radius 1 is 1.14 bits per heavy atom. The maximum Gasteiger partial charge on any atom is 0.0911 e. The molecule has 1 aliphatic heterocycles. The molecule has 2 nitrogen and oxygen atoms in total. The highest BCUT2D eigenvalue weighted by molar-refractivity contribution is 5.22. The van der Waals surface area contributed by atoms with Crippen LogP contribution in [0, 0.1) is 0 Å². The predicted octanol–water partition coefficient (Wildman–Crippen LogP) is 4.72. The summed E-state index contributed by atoms with van der Waals surface area (Å²) >= 11 is 0. The molecular weight excluding hydrogens is 270 g/mol. The van der Waals surface area contributed by atoms with Crippen LogP contribution in [0.15, 0.2) is 30.3 Å². The largest absolute Gasteiger partial charge is 0.385 e. The summed E-state index contributed by atoms with van der Waals surface area (Å²) in [5.41, 5.74) is 0.441. The van der Waals surface area contributed by atoms with Gasteiger partial charge in [-0.3, -0.25) is 0 Å². The number of nitrogens with zero attached hydrogens (tertiary/aromatic N) is 1. The Morgan fingerprint density at radius 2 is 1.91 bits per heavy atom. The summed E-state index contributed by atoms with van der Waals surface area (Å²) in [5, 5.41) is 11.4. The summed E-state index contributed by atoms with van der Waals surface area (Å²) in [6, 6.07) is 10.9. The summed E-state index contributed by atoms with van der Waals surface area (Å²) in [6.45, 7) is 3.41. The topological polar surface area (TPSA) is 23.5 Å². The van der Waals surface area contributed by atoms with Crippen LogP contribution >= 0.6 is 0 Å². The number of aliphatic hydroxyl groups is 1. The normalized spacial score (nSPS) is 22.4. The Labute approximate surface area is 136 Å². The van der Waals surface area contributed by atoms with Crippen molar-refractivity contribution in [3.8, 4) is 0 Å². The molecule has 1 aliphatic rings. The highest BCUT2D eigenvalue weighted by Crippen LogP contribution is 2.35. The van der Waals surface area contributed by atoms with Crippen molar-refractivity contribution in [2.45, 2.75) is 76.4 Å². The molecule has 1 saturated heterocycles. The van der Waals surface area contributed by atoms with E-state index in [1.807, 2.05) is 6.07 Å². The van der Waals surface area contributed by atoms with Crippen LogP contribution in [0.4, 0.5) is 0 Å². The van der Waals surface area contributed by atoms with Crippen LogP contribution in [0.3, 0.4) is 0 Å². The van der Waals surface area contributed by atoms with Gasteiger partial charge in [-0.05, 0) is 44.8 Å². The first-order chi connectivity index (χ1) is 10.7. The number of likely N-dealkylation sites (tertiary alicyclic amines) is 1. The van der Waals surface area contributed by atoms with E-state index in [0.29, 0.717) is 6.04 Å². The van der Waals surface area contributed by atoms with Crippen LogP contribution in [0.1, 0.15) is 70.3 Å². The van der Waals surface area contributed by atoms with Gasteiger partial charge >= 0.3 is 0 Å². The fourth-order valence-corrected chi connectivity index (χ4v) is 3.75. The first kappa shape index (κ1) is 17.5. The third-order valence-corrected chi connectivity index (χ3v) is 5.25. The molecule has 0 saturated carbocycles. The SMILES string of the molecule is CCCCCCC(O)(CC1CCCCN1C)c1ccccc1. The van der Waals surface area contributed by atoms with Crippen molar-refractivity contribution in [3.63, 3.8) is 0 Å². The number of benzene rings is 1. The summed E-state index contributed by atoms with van der Waals surface area (Å²) in [6.07, 6.45) is 10.5. The highest BCUT2D eigenvalue weighted by Gasteiger charge is 2.34. The van der Waals surface area contributed by atoms with E-state index in [1.54, 1.807) is 0 Å². The first-order valence-corrected chi connectivity index (χ1v) is 9.14. The molecule has 1 N–H and O–H groups in total. The quantitative estimate of drug-likeness (QED) is 0.702. The lowest BCUT2D eigenvalue weighted by atomic mass is 9.80. The Balaban J connectivity index is 2.06. The second-order valence-electron chi connectivity index (χ2n) is 7.04. The second-order valence-corrected chi connectivity index (χ2v) is 7.04. The van der Waals surface area contributed by atoms with Gasteiger partial charge < -0.3 is 10.0 Å². The molecule has 2 unspecified atom stereocenters. The third kappa shape index (κ3) is 4.82. The summed E-state index contributed by atoms with van der Waals surface area (Å²) < 4.78 is 0. The monoisotopic (exact) mass is 303 g/mol. The van der Waals surface area contributed by atoms with Gasteiger partial charge in [-0.25, -0.2) is 0 Å². The van der Waals surface area contributed by atoms with Crippen molar-refractivity contribution in [2.75, 3.05) is 13.6 Å². The zero-order chi connectivity index (χ0) is 15.8. The van der Waals surface area contributed by atoms with Crippen molar-refractivity contribution in [1.29, 1.82) is 0 Å². The van der Waals surface area contributed by atoms with Crippen LogP contribution in [0.25, 0.3) is 0 Å². The number of rotatable bonds is 8. The molecule has 1 aromatic rings. The van der Waals surface area contributed by atoms with Gasteiger partial charge in [0.15, 0.2) is 0 Å². The van der Waals surface area contributed by atoms with Crippen LogP contribution in [0.2, 0.25) is 0 Å². The van der Waals surface area contributed by atoms with E-state index in [2.05, 4.69) is 43.1 Å². The van der Waals surface area contributed by atoms with Gasteiger partial charge in [-0.1, -0.05) is 69.4 Å². The number of hydrogen-bond donors (Lipinski definition) is 1. The van der Waals surface area contributed by atoms with Gasteiger partial charge in [-0.2, -0.15) is 0 Å². The summed E-state index contributed by atoms with van der Waals surface area (Å²) in [4.78, 5) is 2.45. The molecule has 1 fully saturated rings. The van der Waals surface area contributed by atoms with Gasteiger partial charge in [0.05, 0.1) is 5.60 Å². The second kappa shape index (κ2) is 8.69. The average molecular weight is 303 g/mol. The molecule has 2 atom stereocenters. The molecule has 124 valence electrons. The van der Waals surface area contributed by atoms with E-state index in [9.17, 15) is 5.11 Å². The molecule has 0 radical (unpaired) electrons. The third-order valence-electron chi connectivity index (χ3n) is 5.25. The van der Waals surface area contributed by atoms with Crippen LogP contribution in [-0.2, 0) is 5.60 Å². The molecular formula is C20H33NO. The van der Waals surface area contributed by atoms with Gasteiger partial charge in [0, 0.05) is 6.04 Å². The standard InChI is InChI=1S/C20H33NO/c1-3-4-5-10-15-20(22,18-12-7-6-8-13-18)17-19-14-9-11-16-21(19)2/h6-8,12-13,19,22H,3-5,9-11,14-17H2,1-2H3. The fourth-order valence-electron chi connectivity index (χ4n) is 3.75. The molecule has 0 bridgehead atoms. The predicted molar refractivity (Wildman–Crippen MR) is 94.0 cm³/mol. The summed E-state index contributed by atoms with van der Waals surface area (Å²) in [5.74, 6) is 0. The fraction of sp³-hybridized carbons (Fsp3) is 0.700. The van der Waals surface area contributed by atoms with Gasteiger partial charge in [0.2, 0.25) is 0 Å². The van der Waals surface area contributed by atoms with Crippen LogP contribution < -0.4 is 0 Å². The summed E-state index contributed by atoms with van der Waals surface area (Å²) in [7, 11) is 2.21. The zero-order valence-corrected chi connectivity index (χ0v) is 14.4. The molecule has 0 amide bonds. The van der Waals surface area contributed by atoms with Crippen molar-refractivity contribution < 1.29 is 5.11 Å². The number of unbranched alkanes of at least 4 members (excludes halogenated alkanes) is 3. The Morgan fingerprint density at radius 3 is 2.59 bits per heavy atom. The van der Waals surface area contributed by atoms with Crippen LogP contribution in [-0.4, -0.2) is 29.6 Å². The molecule has 2 rings (SSSR count). The average Bonchev–Trinajstić information content (AvgIpc) is 2.55. The lowest BCUT2D eigenvalue weighted by Gasteiger charge is -2.39. The Bertz CT molecular complexity index is 419. The minimum Gasteiger partial charge on any atom is -0.385 e. The number of hydrogen-bond acceptors (Lipinski definition) is 2. The molecule has 0 aliphatic carbocycles. The van der Waals surface area contributed by atoms with Crippen LogP contribution in [0.5, 0.6) is 0 Å². The van der Waals surface area contributed by atoms with E-state index in [1.165, 1.54) is 45.1 Å². The zero-order valence-electron chi connectivity index (χ0n) is 14.4. The van der Waals surface area contributed by atoms with Crippen molar-refractivity contribution in [2.24, 2.45) is 0 Å². The highest BCUT2D eigenvalue weighted by atomic mass is 16.3. The first-order valence-electron chi connectivity index (χ1n) is 9.14.